The lowest BCUT2D eigenvalue weighted by Crippen LogP contribution is -2.07. The molecule has 1 N–H and O–H groups in total. The van der Waals surface area contributed by atoms with Gasteiger partial charge in [0, 0.05) is 17.1 Å². The molecule has 29 heavy (non-hydrogen) atoms. The van der Waals surface area contributed by atoms with E-state index >= 15 is 0 Å². The number of carbonyl (C=O) groups is 1. The Balaban J connectivity index is 1.86. The van der Waals surface area contributed by atoms with Gasteiger partial charge in [0.1, 0.15) is 16.6 Å². The molecular weight excluding hydrogens is 382 g/mol. The molecular formula is C23H21N3O2S. The molecule has 6 heteroatoms. The molecule has 146 valence electrons. The summed E-state index contributed by atoms with van der Waals surface area (Å²) in [5.41, 5.74) is 5.62. The lowest BCUT2D eigenvalue weighted by Gasteiger charge is -2.08. The van der Waals surface area contributed by atoms with E-state index in [2.05, 4.69) is 42.4 Å². The van der Waals surface area contributed by atoms with Crippen molar-refractivity contribution < 1.29 is 9.53 Å². The number of aryl methyl sites for hydroxylation is 2. The number of nitriles is 1. The molecule has 3 aromatic rings. The van der Waals surface area contributed by atoms with Crippen LogP contribution in [0.1, 0.15) is 33.4 Å². The van der Waals surface area contributed by atoms with Gasteiger partial charge in [-0.15, -0.1) is 11.3 Å². The molecule has 1 aromatic heterocycles. The van der Waals surface area contributed by atoms with E-state index in [-0.39, 0.29) is 0 Å². The van der Waals surface area contributed by atoms with Crippen LogP contribution in [0.5, 0.6) is 0 Å². The van der Waals surface area contributed by atoms with Crippen LogP contribution >= 0.6 is 11.3 Å². The first-order valence-electron chi connectivity index (χ1n) is 9.20. The number of thiazole rings is 1. The maximum absolute atomic E-state index is 12.1. The number of nitrogens with zero attached hydrogens (tertiary/aromatic N) is 2. The average Bonchev–Trinajstić information content (AvgIpc) is 3.18. The Morgan fingerprint density at radius 1 is 1.28 bits per heavy atom. The van der Waals surface area contributed by atoms with Crippen molar-refractivity contribution in [1.29, 1.82) is 5.26 Å². The van der Waals surface area contributed by atoms with Crippen LogP contribution in [0.4, 0.5) is 5.69 Å². The number of aromatic nitrogens is 1. The summed E-state index contributed by atoms with van der Waals surface area (Å²) in [5, 5.41) is 15.2. The number of allylic oxidation sites excluding steroid dienone is 1. The van der Waals surface area contributed by atoms with E-state index in [9.17, 15) is 10.1 Å². The quantitative estimate of drug-likeness (QED) is 0.429. The van der Waals surface area contributed by atoms with Crippen LogP contribution < -0.4 is 5.32 Å². The molecule has 0 radical (unpaired) electrons. The maximum Gasteiger partial charge on any atom is 0.340 e. The summed E-state index contributed by atoms with van der Waals surface area (Å²) in [5.74, 6) is -0.408. The second-order valence-electron chi connectivity index (χ2n) is 6.44. The van der Waals surface area contributed by atoms with E-state index in [0.717, 1.165) is 16.8 Å². The number of para-hydroxylation sites is 1. The number of rotatable bonds is 6. The van der Waals surface area contributed by atoms with Crippen LogP contribution in [0.15, 0.2) is 54.0 Å². The molecule has 0 saturated heterocycles. The Morgan fingerprint density at radius 2 is 2.07 bits per heavy atom. The molecule has 0 spiro atoms. The SMILES string of the molecule is CCOC(=O)c1ccccc1N/C=C(/C#N)c1nc(-c2ccc(C)cc2C)cs1. The smallest absolute Gasteiger partial charge is 0.340 e. The predicted molar refractivity (Wildman–Crippen MR) is 117 cm³/mol. The number of nitrogens with one attached hydrogen (secondary N) is 1. The summed E-state index contributed by atoms with van der Waals surface area (Å²) in [6, 6.07) is 15.4. The van der Waals surface area contributed by atoms with Crippen molar-refractivity contribution in [2.24, 2.45) is 0 Å². The standard InChI is InChI=1S/C23H21N3O2S/c1-4-28-23(27)19-7-5-6-8-20(19)25-13-17(12-24)22-26-21(14-29-22)18-10-9-15(2)11-16(18)3/h5-11,13-14,25H,4H2,1-3H3/b17-13-. The summed E-state index contributed by atoms with van der Waals surface area (Å²) in [4.78, 5) is 16.7. The monoisotopic (exact) mass is 403 g/mol. The third-order valence-corrected chi connectivity index (χ3v) is 5.18. The van der Waals surface area contributed by atoms with Crippen LogP contribution in [0.3, 0.4) is 0 Å². The van der Waals surface area contributed by atoms with Crippen LogP contribution in [0.25, 0.3) is 16.8 Å². The number of carbonyl (C=O) groups excluding carboxylic acids is 1. The van der Waals surface area contributed by atoms with Gasteiger partial charge in [-0.25, -0.2) is 9.78 Å². The van der Waals surface area contributed by atoms with E-state index in [4.69, 9.17) is 4.74 Å². The first-order chi connectivity index (χ1) is 14.0. The van der Waals surface area contributed by atoms with Crippen molar-refractivity contribution in [2.45, 2.75) is 20.8 Å². The van der Waals surface area contributed by atoms with Gasteiger partial charge in [-0.1, -0.05) is 35.9 Å². The Labute approximate surface area is 174 Å². The molecule has 0 aliphatic heterocycles. The zero-order chi connectivity index (χ0) is 20.8. The van der Waals surface area contributed by atoms with Gasteiger partial charge in [0.2, 0.25) is 0 Å². The molecule has 0 aliphatic rings. The highest BCUT2D eigenvalue weighted by atomic mass is 32.1. The highest BCUT2D eigenvalue weighted by molar-refractivity contribution is 7.11. The molecule has 0 unspecified atom stereocenters. The zero-order valence-electron chi connectivity index (χ0n) is 16.5. The minimum atomic E-state index is -0.408. The molecule has 0 fully saturated rings. The maximum atomic E-state index is 12.1. The predicted octanol–water partition coefficient (Wildman–Crippen LogP) is 5.58. The van der Waals surface area contributed by atoms with Crippen LogP contribution in [-0.4, -0.2) is 17.6 Å². The summed E-state index contributed by atoms with van der Waals surface area (Å²) in [7, 11) is 0. The lowest BCUT2D eigenvalue weighted by atomic mass is 10.0. The number of esters is 1. The van der Waals surface area contributed by atoms with Crippen molar-refractivity contribution in [3.8, 4) is 17.3 Å². The van der Waals surface area contributed by atoms with Gasteiger partial charge in [0.05, 0.1) is 23.6 Å². The van der Waals surface area contributed by atoms with Gasteiger partial charge in [-0.05, 0) is 38.5 Å². The Morgan fingerprint density at radius 3 is 2.79 bits per heavy atom. The van der Waals surface area contributed by atoms with E-state index < -0.39 is 5.97 Å². The zero-order valence-corrected chi connectivity index (χ0v) is 17.3. The van der Waals surface area contributed by atoms with E-state index in [1.165, 1.54) is 16.9 Å². The number of benzene rings is 2. The van der Waals surface area contributed by atoms with Gasteiger partial charge in [0.15, 0.2) is 0 Å². The fraction of sp³-hybridized carbons (Fsp3) is 0.174. The van der Waals surface area contributed by atoms with Crippen molar-refractivity contribution in [1.82, 2.24) is 4.98 Å². The number of anilines is 1. The van der Waals surface area contributed by atoms with Gasteiger partial charge in [0.25, 0.3) is 0 Å². The second-order valence-corrected chi connectivity index (χ2v) is 7.29. The highest BCUT2D eigenvalue weighted by Crippen LogP contribution is 2.29. The lowest BCUT2D eigenvalue weighted by molar-refractivity contribution is 0.0527. The van der Waals surface area contributed by atoms with E-state index in [1.807, 2.05) is 17.5 Å². The minimum Gasteiger partial charge on any atom is -0.462 e. The molecule has 0 bridgehead atoms. The minimum absolute atomic E-state index is 0.298. The largest absolute Gasteiger partial charge is 0.462 e. The third-order valence-electron chi connectivity index (χ3n) is 4.31. The van der Waals surface area contributed by atoms with Crippen LogP contribution in [-0.2, 0) is 4.74 Å². The van der Waals surface area contributed by atoms with Gasteiger partial charge in [-0.2, -0.15) is 5.26 Å². The van der Waals surface area contributed by atoms with Gasteiger partial charge >= 0.3 is 5.97 Å². The van der Waals surface area contributed by atoms with Gasteiger partial charge in [-0.3, -0.25) is 0 Å². The molecule has 0 atom stereocenters. The van der Waals surface area contributed by atoms with Crippen molar-refractivity contribution in [2.75, 3.05) is 11.9 Å². The molecule has 0 aliphatic carbocycles. The van der Waals surface area contributed by atoms with E-state index in [1.54, 1.807) is 31.3 Å². The summed E-state index contributed by atoms with van der Waals surface area (Å²) >= 11 is 1.41. The Hall–Kier alpha value is -3.43. The molecule has 5 nitrogen and oxygen atoms in total. The molecule has 1 heterocycles. The number of hydrogen-bond donors (Lipinski definition) is 1. The van der Waals surface area contributed by atoms with Crippen molar-refractivity contribution in [3.63, 3.8) is 0 Å². The van der Waals surface area contributed by atoms with Gasteiger partial charge < -0.3 is 10.1 Å². The van der Waals surface area contributed by atoms with E-state index in [0.29, 0.717) is 28.4 Å². The number of hydrogen-bond acceptors (Lipinski definition) is 6. The van der Waals surface area contributed by atoms with Crippen LogP contribution in [0, 0.1) is 25.2 Å². The topological polar surface area (TPSA) is 75.0 Å². The summed E-state index contributed by atoms with van der Waals surface area (Å²) in [6.07, 6.45) is 1.57. The Bertz CT molecular complexity index is 1110. The summed E-state index contributed by atoms with van der Waals surface area (Å²) in [6.45, 7) is 6.17. The molecule has 0 saturated carbocycles. The van der Waals surface area contributed by atoms with Crippen molar-refractivity contribution in [3.05, 3.63) is 75.7 Å². The molecule has 3 rings (SSSR count). The fourth-order valence-corrected chi connectivity index (χ4v) is 3.70. The van der Waals surface area contributed by atoms with Crippen LogP contribution in [0.2, 0.25) is 0 Å². The third kappa shape index (κ3) is 4.71. The number of ether oxygens (including phenoxy) is 1. The average molecular weight is 404 g/mol. The van der Waals surface area contributed by atoms with Crippen molar-refractivity contribution >= 4 is 28.6 Å². The molecule has 2 aromatic carbocycles. The fourth-order valence-electron chi connectivity index (χ4n) is 2.91. The first-order valence-corrected chi connectivity index (χ1v) is 10.1. The Kier molecular flexibility index (Phi) is 6.43. The molecule has 0 amide bonds. The normalized spacial score (nSPS) is 11.0. The summed E-state index contributed by atoms with van der Waals surface area (Å²) < 4.78 is 5.08. The first kappa shape index (κ1) is 20.3. The second kappa shape index (κ2) is 9.18. The highest BCUT2D eigenvalue weighted by Gasteiger charge is 2.13.